The van der Waals surface area contributed by atoms with Gasteiger partial charge < -0.3 is 19.5 Å². The van der Waals surface area contributed by atoms with Crippen LogP contribution in [0.2, 0.25) is 5.02 Å². The third-order valence-corrected chi connectivity index (χ3v) is 3.17. The highest BCUT2D eigenvalue weighted by molar-refractivity contribution is 6.32. The van der Waals surface area contributed by atoms with Crippen LogP contribution in [-0.2, 0) is 16.0 Å². The molecule has 1 rings (SSSR count). The fraction of sp³-hybridized carbons (Fsp3) is 0.625. The van der Waals surface area contributed by atoms with E-state index in [1.54, 1.807) is 7.11 Å². The molecule has 21 heavy (non-hydrogen) atoms. The number of ether oxygens (including phenoxy) is 3. The summed E-state index contributed by atoms with van der Waals surface area (Å²) >= 11 is 6.21. The normalized spacial score (nSPS) is 10.8. The van der Waals surface area contributed by atoms with Gasteiger partial charge in [-0.05, 0) is 37.1 Å². The van der Waals surface area contributed by atoms with Crippen molar-refractivity contribution in [1.82, 2.24) is 5.32 Å². The van der Waals surface area contributed by atoms with Crippen LogP contribution in [0.25, 0.3) is 0 Å². The molecule has 0 radical (unpaired) electrons. The Kier molecular flexibility index (Phi) is 10.3. The van der Waals surface area contributed by atoms with Gasteiger partial charge in [0.25, 0.3) is 0 Å². The molecule has 1 aromatic carbocycles. The summed E-state index contributed by atoms with van der Waals surface area (Å²) in [5.41, 5.74) is 1.16. The molecule has 0 amide bonds. The second-order valence-electron chi connectivity index (χ2n) is 4.75. The SMILES string of the molecule is CCCNCc1ccc(OCCOCCCOC)c(Cl)c1. The van der Waals surface area contributed by atoms with Gasteiger partial charge in [0.15, 0.2) is 0 Å². The third-order valence-electron chi connectivity index (χ3n) is 2.87. The first-order valence-electron chi connectivity index (χ1n) is 7.46. The van der Waals surface area contributed by atoms with E-state index in [1.165, 1.54) is 0 Å². The largest absolute Gasteiger partial charge is 0.490 e. The highest BCUT2D eigenvalue weighted by Crippen LogP contribution is 2.25. The Hall–Kier alpha value is -0.810. The van der Waals surface area contributed by atoms with Crippen molar-refractivity contribution in [1.29, 1.82) is 0 Å². The predicted molar refractivity (Wildman–Crippen MR) is 86.3 cm³/mol. The Balaban J connectivity index is 2.22. The average Bonchev–Trinajstić information content (AvgIpc) is 2.48. The summed E-state index contributed by atoms with van der Waals surface area (Å²) in [4.78, 5) is 0. The van der Waals surface area contributed by atoms with Gasteiger partial charge in [0.1, 0.15) is 12.4 Å². The summed E-state index contributed by atoms with van der Waals surface area (Å²) in [6, 6.07) is 5.89. The van der Waals surface area contributed by atoms with Crippen LogP contribution in [0.3, 0.4) is 0 Å². The van der Waals surface area contributed by atoms with E-state index >= 15 is 0 Å². The smallest absolute Gasteiger partial charge is 0.138 e. The van der Waals surface area contributed by atoms with Crippen LogP contribution < -0.4 is 10.1 Å². The molecule has 0 saturated carbocycles. The minimum Gasteiger partial charge on any atom is -0.490 e. The van der Waals surface area contributed by atoms with E-state index in [9.17, 15) is 0 Å². The molecule has 0 aliphatic rings. The van der Waals surface area contributed by atoms with Gasteiger partial charge in [0, 0.05) is 26.9 Å². The first-order valence-corrected chi connectivity index (χ1v) is 7.84. The molecule has 0 heterocycles. The third kappa shape index (κ3) is 8.27. The molecule has 0 aliphatic heterocycles. The van der Waals surface area contributed by atoms with Gasteiger partial charge >= 0.3 is 0 Å². The molecule has 1 aromatic rings. The number of methoxy groups -OCH3 is 1. The van der Waals surface area contributed by atoms with E-state index < -0.39 is 0 Å². The molecule has 120 valence electrons. The molecule has 0 atom stereocenters. The molecular formula is C16H26ClNO3. The second kappa shape index (κ2) is 11.8. The van der Waals surface area contributed by atoms with Gasteiger partial charge in [-0.25, -0.2) is 0 Å². The van der Waals surface area contributed by atoms with Crippen LogP contribution in [0.5, 0.6) is 5.75 Å². The summed E-state index contributed by atoms with van der Waals surface area (Å²) in [6.07, 6.45) is 2.02. The fourth-order valence-corrected chi connectivity index (χ4v) is 2.06. The van der Waals surface area contributed by atoms with Crippen LogP contribution in [0.4, 0.5) is 0 Å². The van der Waals surface area contributed by atoms with E-state index in [1.807, 2.05) is 18.2 Å². The Bertz CT molecular complexity index is 388. The van der Waals surface area contributed by atoms with Crippen molar-refractivity contribution < 1.29 is 14.2 Å². The Morgan fingerprint density at radius 2 is 2.00 bits per heavy atom. The zero-order chi connectivity index (χ0) is 15.3. The minimum atomic E-state index is 0.500. The maximum absolute atomic E-state index is 6.21. The molecule has 0 saturated heterocycles. The van der Waals surface area contributed by atoms with Gasteiger partial charge in [-0.15, -0.1) is 0 Å². The highest BCUT2D eigenvalue weighted by atomic mass is 35.5. The highest BCUT2D eigenvalue weighted by Gasteiger charge is 2.03. The first-order chi connectivity index (χ1) is 10.3. The number of rotatable bonds is 12. The van der Waals surface area contributed by atoms with Gasteiger partial charge in [-0.3, -0.25) is 0 Å². The van der Waals surface area contributed by atoms with Crippen molar-refractivity contribution in [3.8, 4) is 5.75 Å². The second-order valence-corrected chi connectivity index (χ2v) is 5.16. The number of benzene rings is 1. The molecule has 5 heteroatoms. The zero-order valence-corrected chi connectivity index (χ0v) is 13.7. The summed E-state index contributed by atoms with van der Waals surface area (Å²) in [5.74, 6) is 0.705. The van der Waals surface area contributed by atoms with Crippen molar-refractivity contribution in [2.45, 2.75) is 26.3 Å². The monoisotopic (exact) mass is 315 g/mol. The van der Waals surface area contributed by atoms with Gasteiger partial charge in [-0.1, -0.05) is 24.6 Å². The molecule has 4 nitrogen and oxygen atoms in total. The van der Waals surface area contributed by atoms with Crippen molar-refractivity contribution in [2.24, 2.45) is 0 Å². The van der Waals surface area contributed by atoms with E-state index in [2.05, 4.69) is 12.2 Å². The van der Waals surface area contributed by atoms with Crippen molar-refractivity contribution in [3.63, 3.8) is 0 Å². The van der Waals surface area contributed by atoms with Crippen LogP contribution in [-0.4, -0.2) is 40.1 Å². The summed E-state index contributed by atoms with van der Waals surface area (Å²) in [6.45, 7) is 6.45. The molecule has 1 N–H and O–H groups in total. The molecule has 0 spiro atoms. The van der Waals surface area contributed by atoms with E-state index in [0.29, 0.717) is 30.6 Å². The maximum Gasteiger partial charge on any atom is 0.138 e. The molecular weight excluding hydrogens is 290 g/mol. The molecule has 0 aromatic heterocycles. The number of hydrogen-bond donors (Lipinski definition) is 1. The summed E-state index contributed by atoms with van der Waals surface area (Å²) < 4.78 is 16.0. The first kappa shape index (κ1) is 18.2. The Morgan fingerprint density at radius 3 is 2.71 bits per heavy atom. The average molecular weight is 316 g/mol. The van der Waals surface area contributed by atoms with Crippen molar-refractivity contribution in [3.05, 3.63) is 28.8 Å². The molecule has 0 bridgehead atoms. The lowest BCUT2D eigenvalue weighted by Gasteiger charge is -2.10. The minimum absolute atomic E-state index is 0.500. The molecule has 0 unspecified atom stereocenters. The molecule has 0 aliphatic carbocycles. The van der Waals surface area contributed by atoms with E-state index in [0.717, 1.165) is 38.1 Å². The quantitative estimate of drug-likeness (QED) is 0.601. The summed E-state index contributed by atoms with van der Waals surface area (Å²) in [5, 5.41) is 3.99. The van der Waals surface area contributed by atoms with Gasteiger partial charge in [-0.2, -0.15) is 0 Å². The van der Waals surface area contributed by atoms with Crippen LogP contribution in [0.1, 0.15) is 25.3 Å². The van der Waals surface area contributed by atoms with Crippen LogP contribution in [0, 0.1) is 0 Å². The lowest BCUT2D eigenvalue weighted by Crippen LogP contribution is -2.13. The summed E-state index contributed by atoms with van der Waals surface area (Å²) in [7, 11) is 1.69. The van der Waals surface area contributed by atoms with Gasteiger partial charge in [0.2, 0.25) is 0 Å². The Labute approximate surface area is 132 Å². The zero-order valence-electron chi connectivity index (χ0n) is 13.0. The maximum atomic E-state index is 6.21. The fourth-order valence-electron chi connectivity index (χ4n) is 1.80. The lowest BCUT2D eigenvalue weighted by atomic mass is 10.2. The van der Waals surface area contributed by atoms with E-state index in [4.69, 9.17) is 25.8 Å². The van der Waals surface area contributed by atoms with Crippen LogP contribution >= 0.6 is 11.6 Å². The number of hydrogen-bond acceptors (Lipinski definition) is 4. The van der Waals surface area contributed by atoms with Gasteiger partial charge in [0.05, 0.1) is 11.6 Å². The van der Waals surface area contributed by atoms with E-state index in [-0.39, 0.29) is 0 Å². The Morgan fingerprint density at radius 1 is 1.14 bits per heavy atom. The predicted octanol–water partition coefficient (Wildman–Crippen LogP) is 3.27. The number of nitrogens with one attached hydrogen (secondary N) is 1. The topological polar surface area (TPSA) is 39.7 Å². The van der Waals surface area contributed by atoms with Crippen LogP contribution in [0.15, 0.2) is 18.2 Å². The number of halogens is 1. The van der Waals surface area contributed by atoms with Crippen molar-refractivity contribution >= 4 is 11.6 Å². The molecule has 0 fully saturated rings. The van der Waals surface area contributed by atoms with Crippen molar-refractivity contribution in [2.75, 3.05) is 40.1 Å². The standard InChI is InChI=1S/C16H26ClNO3/c1-3-7-18-13-14-5-6-16(15(17)12-14)21-11-10-20-9-4-8-19-2/h5-6,12,18H,3-4,7-11,13H2,1-2H3. The lowest BCUT2D eigenvalue weighted by molar-refractivity contribution is 0.0807.